The molecule has 1 fully saturated rings. The molecule has 1 aliphatic rings. The van der Waals surface area contributed by atoms with Gasteiger partial charge < -0.3 is 14.5 Å². The number of anilines is 1. The maximum Gasteiger partial charge on any atom is 0.121 e. The van der Waals surface area contributed by atoms with Crippen LogP contribution in [0.2, 0.25) is 0 Å². The zero-order chi connectivity index (χ0) is 13.8. The molecule has 4 heteroatoms. The summed E-state index contributed by atoms with van der Waals surface area (Å²) in [5, 5.41) is 9.25. The molecule has 0 bridgehead atoms. The fourth-order valence-electron chi connectivity index (χ4n) is 2.60. The van der Waals surface area contributed by atoms with Gasteiger partial charge in [-0.2, -0.15) is 5.26 Å². The highest BCUT2D eigenvalue weighted by Gasteiger charge is 2.22. The molecule has 19 heavy (non-hydrogen) atoms. The maximum atomic E-state index is 9.25. The van der Waals surface area contributed by atoms with E-state index in [1.54, 1.807) is 7.11 Å². The fraction of sp³-hybridized carbons (Fsp3) is 0.533. The van der Waals surface area contributed by atoms with Crippen LogP contribution in [0, 0.1) is 11.3 Å². The molecular weight excluding hydrogens is 238 g/mol. The van der Waals surface area contributed by atoms with Gasteiger partial charge in [0.25, 0.3) is 0 Å². The van der Waals surface area contributed by atoms with Crippen LogP contribution >= 0.6 is 0 Å². The van der Waals surface area contributed by atoms with Crippen molar-refractivity contribution in [2.24, 2.45) is 0 Å². The van der Waals surface area contributed by atoms with E-state index in [0.29, 0.717) is 11.6 Å². The van der Waals surface area contributed by atoms with Gasteiger partial charge in [0.05, 0.1) is 18.4 Å². The van der Waals surface area contributed by atoms with Crippen LogP contribution in [-0.2, 0) is 0 Å². The summed E-state index contributed by atoms with van der Waals surface area (Å²) >= 11 is 0. The second-order valence-corrected chi connectivity index (χ2v) is 5.14. The topological polar surface area (TPSA) is 39.5 Å². The lowest BCUT2D eigenvalue weighted by Crippen LogP contribution is -2.42. The van der Waals surface area contributed by atoms with Gasteiger partial charge in [-0.1, -0.05) is 0 Å². The van der Waals surface area contributed by atoms with Crippen molar-refractivity contribution < 1.29 is 4.74 Å². The highest BCUT2D eigenvalue weighted by atomic mass is 16.5. The number of ether oxygens (including phenoxy) is 1. The number of rotatable bonds is 3. The second kappa shape index (κ2) is 5.94. The van der Waals surface area contributed by atoms with Gasteiger partial charge in [-0.15, -0.1) is 0 Å². The van der Waals surface area contributed by atoms with Crippen LogP contribution in [0.15, 0.2) is 18.2 Å². The zero-order valence-corrected chi connectivity index (χ0v) is 11.9. The normalized spacial score (nSPS) is 16.9. The molecule has 1 aromatic carbocycles. The van der Waals surface area contributed by atoms with E-state index in [0.717, 1.165) is 37.4 Å². The average molecular weight is 259 g/mol. The first-order chi connectivity index (χ1) is 9.15. The van der Waals surface area contributed by atoms with Crippen molar-refractivity contribution in [3.05, 3.63) is 23.8 Å². The summed E-state index contributed by atoms with van der Waals surface area (Å²) in [6, 6.07) is 8.39. The Labute approximate surface area is 115 Å². The van der Waals surface area contributed by atoms with Crippen molar-refractivity contribution in [2.75, 3.05) is 39.2 Å². The molecule has 0 atom stereocenters. The third kappa shape index (κ3) is 2.99. The van der Waals surface area contributed by atoms with Crippen LogP contribution in [-0.4, -0.2) is 45.2 Å². The number of piperidine rings is 1. The molecule has 0 N–H and O–H groups in total. The molecule has 0 aliphatic carbocycles. The first-order valence-electron chi connectivity index (χ1n) is 6.65. The minimum absolute atomic E-state index is 0.496. The molecule has 0 spiro atoms. The zero-order valence-electron chi connectivity index (χ0n) is 11.9. The number of likely N-dealkylation sites (tertiary alicyclic amines) is 1. The van der Waals surface area contributed by atoms with E-state index in [1.807, 2.05) is 18.2 Å². The lowest BCUT2D eigenvalue weighted by Gasteiger charge is -2.36. The Balaban J connectivity index is 2.22. The summed E-state index contributed by atoms with van der Waals surface area (Å²) in [6.07, 6.45) is 2.27. The van der Waals surface area contributed by atoms with E-state index >= 15 is 0 Å². The van der Waals surface area contributed by atoms with Crippen molar-refractivity contribution >= 4 is 5.69 Å². The Kier molecular flexibility index (Phi) is 4.28. The highest BCUT2D eigenvalue weighted by Crippen LogP contribution is 2.28. The first-order valence-corrected chi connectivity index (χ1v) is 6.65. The predicted octanol–water partition coefficient (Wildman–Crippen LogP) is 2.10. The monoisotopic (exact) mass is 259 g/mol. The summed E-state index contributed by atoms with van der Waals surface area (Å²) in [7, 11) is 5.88. The summed E-state index contributed by atoms with van der Waals surface area (Å²) in [5.74, 6) is 0.800. The van der Waals surface area contributed by atoms with Crippen LogP contribution in [0.25, 0.3) is 0 Å². The molecule has 2 rings (SSSR count). The quantitative estimate of drug-likeness (QED) is 0.833. The Morgan fingerprint density at radius 2 is 2.05 bits per heavy atom. The van der Waals surface area contributed by atoms with Crippen LogP contribution in [0.4, 0.5) is 5.69 Å². The number of nitrogens with zero attached hydrogens (tertiary/aromatic N) is 3. The third-order valence-corrected chi connectivity index (χ3v) is 3.94. The number of methoxy groups -OCH3 is 1. The van der Waals surface area contributed by atoms with Crippen LogP contribution in [0.3, 0.4) is 0 Å². The summed E-state index contributed by atoms with van der Waals surface area (Å²) < 4.78 is 5.26. The number of hydrogen-bond donors (Lipinski definition) is 0. The molecule has 0 radical (unpaired) electrons. The van der Waals surface area contributed by atoms with Crippen molar-refractivity contribution in [3.8, 4) is 11.8 Å². The molecular formula is C15H21N3O. The lowest BCUT2D eigenvalue weighted by atomic mass is 10.0. The maximum absolute atomic E-state index is 9.25. The molecule has 1 aromatic rings. The Morgan fingerprint density at radius 3 is 2.63 bits per heavy atom. The van der Waals surface area contributed by atoms with Crippen molar-refractivity contribution in [2.45, 2.75) is 18.9 Å². The number of hydrogen-bond acceptors (Lipinski definition) is 4. The van der Waals surface area contributed by atoms with Gasteiger partial charge in [0.2, 0.25) is 0 Å². The van der Waals surface area contributed by atoms with Crippen LogP contribution in [0.5, 0.6) is 5.75 Å². The van der Waals surface area contributed by atoms with E-state index in [9.17, 15) is 5.26 Å². The summed E-state index contributed by atoms with van der Waals surface area (Å²) in [4.78, 5) is 4.58. The lowest BCUT2D eigenvalue weighted by molar-refractivity contribution is 0.253. The van der Waals surface area contributed by atoms with E-state index in [-0.39, 0.29) is 0 Å². The predicted molar refractivity (Wildman–Crippen MR) is 76.6 cm³/mol. The van der Waals surface area contributed by atoms with Gasteiger partial charge in [-0.25, -0.2) is 0 Å². The van der Waals surface area contributed by atoms with E-state index in [1.165, 1.54) is 0 Å². The van der Waals surface area contributed by atoms with Gasteiger partial charge in [0.1, 0.15) is 11.8 Å². The molecule has 0 unspecified atom stereocenters. The molecule has 1 heterocycles. The van der Waals surface area contributed by atoms with E-state index in [2.05, 4.69) is 30.0 Å². The fourth-order valence-corrected chi connectivity index (χ4v) is 2.60. The van der Waals surface area contributed by atoms with Crippen molar-refractivity contribution in [1.29, 1.82) is 5.26 Å². The molecule has 0 aromatic heterocycles. The van der Waals surface area contributed by atoms with E-state index in [4.69, 9.17) is 4.74 Å². The summed E-state index contributed by atoms with van der Waals surface area (Å²) in [5.41, 5.74) is 1.68. The van der Waals surface area contributed by atoms with Crippen molar-refractivity contribution in [1.82, 2.24) is 4.90 Å². The average Bonchev–Trinajstić information content (AvgIpc) is 2.46. The van der Waals surface area contributed by atoms with Gasteiger partial charge in [-0.3, -0.25) is 0 Å². The summed E-state index contributed by atoms with van der Waals surface area (Å²) in [6.45, 7) is 2.22. The number of nitriles is 1. The Bertz CT molecular complexity index is 473. The minimum atomic E-state index is 0.496. The van der Waals surface area contributed by atoms with Crippen LogP contribution in [0.1, 0.15) is 18.4 Å². The molecule has 102 valence electrons. The van der Waals surface area contributed by atoms with Gasteiger partial charge in [-0.05, 0) is 45.1 Å². The Hall–Kier alpha value is -1.73. The third-order valence-electron chi connectivity index (χ3n) is 3.94. The molecule has 1 aliphatic heterocycles. The molecule has 4 nitrogen and oxygen atoms in total. The molecule has 0 saturated carbocycles. The van der Waals surface area contributed by atoms with Gasteiger partial charge >= 0.3 is 0 Å². The smallest absolute Gasteiger partial charge is 0.121 e. The number of benzene rings is 1. The second-order valence-electron chi connectivity index (χ2n) is 5.14. The van der Waals surface area contributed by atoms with Gasteiger partial charge in [0, 0.05) is 19.2 Å². The molecule has 0 amide bonds. The molecule has 1 saturated heterocycles. The van der Waals surface area contributed by atoms with E-state index < -0.39 is 0 Å². The Morgan fingerprint density at radius 1 is 1.37 bits per heavy atom. The highest BCUT2D eigenvalue weighted by molar-refractivity contribution is 5.62. The SMILES string of the molecule is COc1ccc(C#N)c(N(C)C2CCN(C)CC2)c1. The standard InChI is InChI=1S/C15H21N3O/c1-17-8-6-13(7-9-17)18(2)15-10-14(19-3)5-4-12(15)11-16/h4-5,10,13H,6-9H2,1-3H3. The largest absolute Gasteiger partial charge is 0.497 e. The van der Waals surface area contributed by atoms with Gasteiger partial charge in [0.15, 0.2) is 0 Å². The van der Waals surface area contributed by atoms with Crippen LogP contribution < -0.4 is 9.64 Å². The first kappa shape index (κ1) is 13.7. The minimum Gasteiger partial charge on any atom is -0.497 e. The van der Waals surface area contributed by atoms with Crippen molar-refractivity contribution in [3.63, 3.8) is 0 Å².